The molecule has 3 aromatic heterocycles. The predicted octanol–water partition coefficient (Wildman–Crippen LogP) is 3.51. The van der Waals surface area contributed by atoms with Crippen molar-refractivity contribution in [3.63, 3.8) is 0 Å². The second kappa shape index (κ2) is 12.8. The first-order valence-corrected chi connectivity index (χ1v) is 10.2. The molecule has 172 valence electrons. The van der Waals surface area contributed by atoms with E-state index in [1.807, 2.05) is 6.92 Å². The lowest BCUT2D eigenvalue weighted by atomic mass is 10.2. The van der Waals surface area contributed by atoms with Gasteiger partial charge in [0, 0.05) is 18.5 Å². The second-order valence-electron chi connectivity index (χ2n) is 6.81. The number of nitrogens with one attached hydrogen (secondary N) is 1. The van der Waals surface area contributed by atoms with Gasteiger partial charge in [0.15, 0.2) is 0 Å². The number of allylic oxidation sites excluding steroid dienone is 1. The first-order valence-electron chi connectivity index (χ1n) is 10.2. The number of aryl methyl sites for hydroxylation is 1. The minimum Gasteiger partial charge on any atom is -0.467 e. The van der Waals surface area contributed by atoms with E-state index in [1.165, 1.54) is 34.3 Å². The molecule has 3 aromatic rings. The van der Waals surface area contributed by atoms with E-state index >= 15 is 0 Å². The Morgan fingerprint density at radius 3 is 2.75 bits per heavy atom. The van der Waals surface area contributed by atoms with Crippen LogP contribution in [0.5, 0.6) is 0 Å². The Morgan fingerprint density at radius 2 is 2.25 bits per heavy atom. The van der Waals surface area contributed by atoms with Crippen LogP contribution in [0.1, 0.15) is 37.7 Å². The van der Waals surface area contributed by atoms with Gasteiger partial charge in [0.1, 0.15) is 23.9 Å². The van der Waals surface area contributed by atoms with Crippen molar-refractivity contribution in [1.29, 1.82) is 0 Å². The normalized spacial score (nSPS) is 11.2. The monoisotopic (exact) mass is 444 g/mol. The average molecular weight is 444 g/mol. The van der Waals surface area contributed by atoms with E-state index in [4.69, 9.17) is 9.15 Å². The molecule has 3 rings (SSSR count). The maximum absolute atomic E-state index is 12.8. The molecule has 10 nitrogen and oxygen atoms in total. The highest BCUT2D eigenvalue weighted by Crippen LogP contribution is 2.15. The van der Waals surface area contributed by atoms with Gasteiger partial charge in [-0.1, -0.05) is 13.0 Å². The number of amides is 1. The highest BCUT2D eigenvalue weighted by molar-refractivity contribution is 5.84. The zero-order valence-corrected chi connectivity index (χ0v) is 18.2. The van der Waals surface area contributed by atoms with E-state index < -0.39 is 12.0 Å². The third-order valence-corrected chi connectivity index (χ3v) is 4.36. The fourth-order valence-corrected chi connectivity index (χ4v) is 2.79. The largest absolute Gasteiger partial charge is 0.467 e. The molecule has 1 N–H and O–H groups in total. The van der Waals surface area contributed by atoms with Crippen molar-refractivity contribution in [3.05, 3.63) is 77.7 Å². The summed E-state index contributed by atoms with van der Waals surface area (Å²) in [7, 11) is 0. The van der Waals surface area contributed by atoms with Gasteiger partial charge in [-0.05, 0) is 38.3 Å². The molecule has 1 unspecified atom stereocenters. The highest BCUT2D eigenvalue weighted by Gasteiger charge is 2.31. The zero-order chi connectivity index (χ0) is 23.3. The zero-order valence-electron chi connectivity index (χ0n) is 18.2. The van der Waals surface area contributed by atoms with Crippen LogP contribution in [0.4, 0.5) is 4.79 Å². The van der Waals surface area contributed by atoms with Crippen LogP contribution < -0.4 is 5.56 Å². The van der Waals surface area contributed by atoms with Crippen LogP contribution in [0, 0.1) is 6.92 Å². The quantitative estimate of drug-likeness (QED) is 0.304. The van der Waals surface area contributed by atoms with Crippen LogP contribution >= 0.6 is 0 Å². The summed E-state index contributed by atoms with van der Waals surface area (Å²) in [4.78, 5) is 40.8. The smallest absolute Gasteiger partial charge is 0.330 e. The van der Waals surface area contributed by atoms with Crippen molar-refractivity contribution in [2.24, 2.45) is 0 Å². The molecule has 0 bridgehead atoms. The van der Waals surface area contributed by atoms with Gasteiger partial charge in [0.25, 0.3) is 5.56 Å². The summed E-state index contributed by atoms with van der Waals surface area (Å²) in [5.41, 5.74) is -0.183. The van der Waals surface area contributed by atoms with E-state index in [0.717, 1.165) is 6.42 Å². The number of ether oxygens (including phenoxy) is 1. The van der Waals surface area contributed by atoms with Crippen molar-refractivity contribution in [2.45, 2.75) is 45.7 Å². The average Bonchev–Trinajstić information content (AvgIpc) is 3.55. The second-order valence-corrected chi connectivity index (χ2v) is 6.81. The van der Waals surface area contributed by atoms with Gasteiger partial charge in [-0.3, -0.25) is 9.36 Å². The summed E-state index contributed by atoms with van der Waals surface area (Å²) >= 11 is 0. The fourth-order valence-electron chi connectivity index (χ4n) is 2.79. The minimum atomic E-state index is -0.705. The summed E-state index contributed by atoms with van der Waals surface area (Å²) in [6.45, 7) is 7.66. The van der Waals surface area contributed by atoms with E-state index in [-0.39, 0.29) is 18.1 Å². The number of aromatic nitrogens is 3. The van der Waals surface area contributed by atoms with Crippen molar-refractivity contribution >= 4 is 12.0 Å². The molecular formula is C22H28N4O6. The Labute approximate surface area is 185 Å². The molecule has 0 saturated carbocycles. The number of nitrogens with zero attached hydrogens (tertiary/aromatic N) is 3. The summed E-state index contributed by atoms with van der Waals surface area (Å²) in [6.07, 6.45) is 9.67. The SMILES string of the molecule is C=CCCCOC(=O)C(CC)N(Cc1ccco1)C(=O)n1ccnc1.Cc1cc(=O)[nH]o1. The molecule has 0 spiro atoms. The van der Waals surface area contributed by atoms with E-state index in [9.17, 15) is 14.4 Å². The lowest BCUT2D eigenvalue weighted by Crippen LogP contribution is -2.46. The Kier molecular flexibility index (Phi) is 9.76. The van der Waals surface area contributed by atoms with Crippen molar-refractivity contribution in [3.8, 4) is 0 Å². The van der Waals surface area contributed by atoms with E-state index in [0.29, 0.717) is 31.0 Å². The van der Waals surface area contributed by atoms with Crippen LogP contribution in [0.3, 0.4) is 0 Å². The number of H-pyrrole nitrogens is 1. The van der Waals surface area contributed by atoms with Crippen molar-refractivity contribution in [1.82, 2.24) is 19.6 Å². The van der Waals surface area contributed by atoms with Crippen LogP contribution in [0.25, 0.3) is 0 Å². The fraction of sp³-hybridized carbons (Fsp3) is 0.364. The van der Waals surface area contributed by atoms with Gasteiger partial charge in [-0.25, -0.2) is 14.6 Å². The van der Waals surface area contributed by atoms with Crippen LogP contribution in [0.2, 0.25) is 0 Å². The standard InChI is InChI=1S/C18H23N3O4.C4H5NO2/c1-3-5-6-11-25-17(22)16(4-2)21(13-15-8-7-12-24-15)18(23)20-10-9-19-14-20;1-3-2-4(6)5-7-3/h3,7-10,12,14,16H,1,4-6,11,13H2,2H3;2H,1H3,(H,5,6). The summed E-state index contributed by atoms with van der Waals surface area (Å²) in [5.74, 6) is 0.781. The minimum absolute atomic E-state index is 0.171. The number of unbranched alkanes of at least 4 members (excludes halogenated alkanes) is 1. The number of hydrogen-bond acceptors (Lipinski definition) is 7. The molecule has 10 heteroatoms. The maximum atomic E-state index is 12.8. The lowest BCUT2D eigenvalue weighted by Gasteiger charge is -2.28. The lowest BCUT2D eigenvalue weighted by molar-refractivity contribution is -0.149. The van der Waals surface area contributed by atoms with Gasteiger partial charge >= 0.3 is 12.0 Å². The topological polar surface area (TPSA) is 124 Å². The summed E-state index contributed by atoms with van der Waals surface area (Å²) in [5, 5.41) is 2.14. The van der Waals surface area contributed by atoms with Gasteiger partial charge in [0.05, 0.1) is 19.4 Å². The number of imidazole rings is 1. The Bertz CT molecular complexity index is 1000. The molecule has 0 saturated heterocycles. The number of esters is 1. The third kappa shape index (κ3) is 7.46. The molecule has 1 amide bonds. The first kappa shape index (κ1) is 24.4. The number of carbonyl (C=O) groups excluding carboxylic acids is 2. The molecule has 0 aliphatic heterocycles. The number of aromatic amines is 1. The van der Waals surface area contributed by atoms with Gasteiger partial charge < -0.3 is 18.6 Å². The third-order valence-electron chi connectivity index (χ3n) is 4.36. The van der Waals surface area contributed by atoms with E-state index in [1.54, 1.807) is 31.3 Å². The molecule has 1 atom stereocenters. The molecular weight excluding hydrogens is 416 g/mol. The summed E-state index contributed by atoms with van der Waals surface area (Å²) in [6, 6.07) is 3.83. The number of furan rings is 1. The number of hydrogen-bond donors (Lipinski definition) is 1. The predicted molar refractivity (Wildman–Crippen MR) is 116 cm³/mol. The van der Waals surface area contributed by atoms with E-state index in [2.05, 4.69) is 21.2 Å². The van der Waals surface area contributed by atoms with Gasteiger partial charge in [-0.15, -0.1) is 6.58 Å². The maximum Gasteiger partial charge on any atom is 0.330 e. The number of rotatable bonds is 9. The molecule has 0 aliphatic carbocycles. The van der Waals surface area contributed by atoms with Gasteiger partial charge in [-0.2, -0.15) is 5.16 Å². The molecule has 3 heterocycles. The number of carbonyl (C=O) groups is 2. The Morgan fingerprint density at radius 1 is 1.44 bits per heavy atom. The van der Waals surface area contributed by atoms with Gasteiger partial charge in [0.2, 0.25) is 0 Å². The summed E-state index contributed by atoms with van der Waals surface area (Å²) < 4.78 is 16.5. The molecule has 0 fully saturated rings. The molecule has 0 radical (unpaired) electrons. The Hall–Kier alpha value is -3.82. The van der Waals surface area contributed by atoms with Crippen molar-refractivity contribution < 1.29 is 23.3 Å². The van der Waals surface area contributed by atoms with Crippen molar-refractivity contribution in [2.75, 3.05) is 6.61 Å². The van der Waals surface area contributed by atoms with Crippen LogP contribution in [0.15, 0.2) is 69.6 Å². The highest BCUT2D eigenvalue weighted by atomic mass is 16.5. The molecule has 0 aliphatic rings. The van der Waals surface area contributed by atoms with Crippen LogP contribution in [-0.2, 0) is 16.1 Å². The first-order chi connectivity index (χ1) is 15.5. The van der Waals surface area contributed by atoms with Crippen LogP contribution in [-0.4, -0.2) is 44.3 Å². The molecule has 32 heavy (non-hydrogen) atoms. The Balaban J connectivity index is 0.000000439. The molecule has 0 aromatic carbocycles.